The second-order valence-electron chi connectivity index (χ2n) is 0.812. The Hall–Kier alpha value is -0.250. The second kappa shape index (κ2) is 2.16. The molecule has 1 aromatic rings. The van der Waals surface area contributed by atoms with Crippen LogP contribution in [0, 0.1) is 0 Å². The van der Waals surface area contributed by atoms with Gasteiger partial charge in [-0.15, -0.1) is 9.96 Å². The molecule has 0 aliphatic heterocycles. The molecule has 0 saturated heterocycles. The average Bonchev–Trinajstić information content (AvgIpc) is 2.14. The number of rotatable bonds is 1. The molecule has 1 aromatic heterocycles. The van der Waals surface area contributed by atoms with Crippen molar-refractivity contribution in [2.45, 2.75) is 0 Å². The predicted molar refractivity (Wildman–Crippen MR) is 30.2 cm³/mol. The quantitative estimate of drug-likeness (QED) is 0.431. The van der Waals surface area contributed by atoms with E-state index in [1.165, 1.54) is 10.9 Å². The Morgan fingerprint density at radius 1 is 1.86 bits per heavy atom. The summed E-state index contributed by atoms with van der Waals surface area (Å²) in [5.41, 5.74) is 2.38. The largest absolute Gasteiger partial charge is 0.298 e. The highest BCUT2D eigenvalue weighted by Gasteiger charge is 1.86. The van der Waals surface area contributed by atoms with Gasteiger partial charge in [-0.3, -0.25) is 5.43 Å². The maximum absolute atomic E-state index is 4.97. The molecule has 1 heterocycles. The normalized spacial score (nSPS) is 9.86. The fourth-order valence-corrected chi connectivity index (χ4v) is 1.34. The van der Waals surface area contributed by atoms with E-state index in [0.717, 1.165) is 7.53 Å². The molecule has 4 nitrogen and oxygen atoms in total. The third kappa shape index (κ3) is 1.06. The molecule has 3 N–H and O–H groups in total. The van der Waals surface area contributed by atoms with Gasteiger partial charge in [-0.05, 0) is 0 Å². The summed E-state index contributed by atoms with van der Waals surface area (Å²) in [7, 11) is 2.36. The molecule has 0 aliphatic rings. The van der Waals surface area contributed by atoms with E-state index in [0.29, 0.717) is 5.13 Å². The van der Waals surface area contributed by atoms with Crippen molar-refractivity contribution in [1.29, 1.82) is 0 Å². The number of hydrogen-bond acceptors (Lipinski definition) is 5. The molecule has 6 heteroatoms. The molecule has 0 bridgehead atoms. The van der Waals surface area contributed by atoms with Crippen LogP contribution in [0.1, 0.15) is 0 Å². The molecule has 0 saturated carbocycles. The Balaban J connectivity index is 2.76. The topological polar surface area (TPSA) is 63.8 Å². The lowest BCUT2D eigenvalue weighted by atomic mass is 11.3. The third-order valence-electron chi connectivity index (χ3n) is 0.423. The van der Waals surface area contributed by atoms with E-state index in [2.05, 4.69) is 15.4 Å². The monoisotopic (exact) mass is 134 g/mol. The number of nitrogen functional groups attached to an aromatic ring is 1. The first-order valence-corrected chi connectivity index (χ1v) is 3.82. The van der Waals surface area contributed by atoms with Crippen LogP contribution in [-0.4, -0.2) is 9.96 Å². The Labute approximate surface area is 45.6 Å². The highest BCUT2D eigenvalue weighted by atomic mass is 32.5. The van der Waals surface area contributed by atoms with Crippen LogP contribution >= 0.6 is 18.5 Å². The molecule has 0 aromatic carbocycles. The van der Waals surface area contributed by atoms with Crippen molar-refractivity contribution < 1.29 is 0 Å². The molecule has 0 atom stereocenters. The molecule has 0 unspecified atom stereocenters. The van der Waals surface area contributed by atoms with Gasteiger partial charge in [0.2, 0.25) is 5.13 Å². The van der Waals surface area contributed by atoms with Crippen molar-refractivity contribution in [3.05, 3.63) is 0 Å². The van der Waals surface area contributed by atoms with Gasteiger partial charge in [0.05, 0.1) is 0 Å². The lowest BCUT2D eigenvalue weighted by Crippen LogP contribution is -2.05. The standard InChI is InChI=1S/CH3N4PS/c2-3-1-4-5-6-7-1/h2H2,(H,3,4). The van der Waals surface area contributed by atoms with Crippen molar-refractivity contribution in [3.8, 4) is 0 Å². The fourth-order valence-electron chi connectivity index (χ4n) is 0.189. The minimum Gasteiger partial charge on any atom is -0.298 e. The van der Waals surface area contributed by atoms with Crippen LogP contribution in [0.5, 0.6) is 0 Å². The number of nitrogens with two attached hydrogens (primary N) is 1. The Kier molecular flexibility index (Phi) is 1.51. The minimum atomic E-state index is 0.682. The molecular formula is CH3N4PS. The molecule has 38 valence electrons. The van der Waals surface area contributed by atoms with Gasteiger partial charge in [0.25, 0.3) is 0 Å². The molecule has 0 fully saturated rings. The summed E-state index contributed by atoms with van der Waals surface area (Å²) in [6.45, 7) is 0. The third-order valence-corrected chi connectivity index (χ3v) is 2.02. The number of nitrogens with one attached hydrogen (secondary N) is 1. The zero-order valence-electron chi connectivity index (χ0n) is 3.33. The van der Waals surface area contributed by atoms with E-state index < -0.39 is 0 Å². The predicted octanol–water partition coefficient (Wildman–Crippen LogP) is 0.404. The smallest absolute Gasteiger partial charge is 0.224 e. The highest BCUT2D eigenvalue weighted by Crippen LogP contribution is 2.15. The number of hydrazine groups is 1. The summed E-state index contributed by atoms with van der Waals surface area (Å²) in [6.07, 6.45) is 0. The van der Waals surface area contributed by atoms with Gasteiger partial charge in [-0.25, -0.2) is 5.84 Å². The van der Waals surface area contributed by atoms with Gasteiger partial charge in [-0.2, -0.15) is 0 Å². The van der Waals surface area contributed by atoms with Crippen LogP contribution in [0.4, 0.5) is 5.13 Å². The fraction of sp³-hybridized carbons (Fsp3) is 0. The zero-order chi connectivity index (χ0) is 5.11. The minimum absolute atomic E-state index is 0.682. The summed E-state index contributed by atoms with van der Waals surface area (Å²) in [4.78, 5) is 3.62. The maximum Gasteiger partial charge on any atom is 0.224 e. The van der Waals surface area contributed by atoms with Crippen LogP contribution in [-0.2, 0) is 0 Å². The second-order valence-corrected chi connectivity index (χ2v) is 2.76. The SMILES string of the molecule is NNc1nnps1. The summed E-state index contributed by atoms with van der Waals surface area (Å²) in [5.74, 6) is 4.97. The molecule has 0 amide bonds. The van der Waals surface area contributed by atoms with Crippen molar-refractivity contribution >= 4 is 23.6 Å². The van der Waals surface area contributed by atoms with Crippen LogP contribution in [0.3, 0.4) is 0 Å². The van der Waals surface area contributed by atoms with Gasteiger partial charge in [0.15, 0.2) is 0 Å². The van der Waals surface area contributed by atoms with Crippen molar-refractivity contribution in [3.63, 3.8) is 0 Å². The Bertz CT molecular complexity index is 126. The number of aromatic nitrogens is 2. The summed E-state index contributed by atoms with van der Waals surface area (Å²) in [5, 5.41) is 4.29. The molecule has 0 radical (unpaired) electrons. The van der Waals surface area contributed by atoms with Crippen LogP contribution in [0.25, 0.3) is 0 Å². The summed E-state index contributed by atoms with van der Waals surface area (Å²) >= 11 is 0. The zero-order valence-corrected chi connectivity index (χ0v) is 5.04. The summed E-state index contributed by atoms with van der Waals surface area (Å²) < 4.78 is 0. The molecule has 1 rings (SSSR count). The number of anilines is 1. The van der Waals surface area contributed by atoms with E-state index in [9.17, 15) is 0 Å². The number of nitrogens with zero attached hydrogens (tertiary/aromatic N) is 2. The lowest BCUT2D eigenvalue weighted by molar-refractivity contribution is 1.14. The molecular weight excluding hydrogens is 131 g/mol. The van der Waals surface area contributed by atoms with Gasteiger partial charge in [-0.1, -0.05) is 10.9 Å². The molecule has 7 heavy (non-hydrogen) atoms. The maximum atomic E-state index is 4.97. The van der Waals surface area contributed by atoms with E-state index >= 15 is 0 Å². The van der Waals surface area contributed by atoms with Crippen LogP contribution in [0.2, 0.25) is 0 Å². The lowest BCUT2D eigenvalue weighted by Gasteiger charge is -1.82. The van der Waals surface area contributed by atoms with Crippen LogP contribution in [0.15, 0.2) is 0 Å². The highest BCUT2D eigenvalue weighted by molar-refractivity contribution is 7.79. The number of hydrogen-bond donors (Lipinski definition) is 2. The van der Waals surface area contributed by atoms with Gasteiger partial charge in [0, 0.05) is 0 Å². The van der Waals surface area contributed by atoms with Crippen molar-refractivity contribution in [2.24, 2.45) is 5.84 Å². The summed E-state index contributed by atoms with van der Waals surface area (Å²) in [6, 6.07) is 0. The van der Waals surface area contributed by atoms with E-state index in [1.807, 2.05) is 0 Å². The van der Waals surface area contributed by atoms with Crippen molar-refractivity contribution in [2.75, 3.05) is 5.43 Å². The Morgan fingerprint density at radius 3 is 3.00 bits per heavy atom. The van der Waals surface area contributed by atoms with Crippen molar-refractivity contribution in [1.82, 2.24) is 9.96 Å². The Morgan fingerprint density at radius 2 is 2.71 bits per heavy atom. The van der Waals surface area contributed by atoms with E-state index in [4.69, 9.17) is 5.84 Å². The molecule has 0 aliphatic carbocycles. The van der Waals surface area contributed by atoms with Gasteiger partial charge in [0.1, 0.15) is 7.53 Å². The van der Waals surface area contributed by atoms with E-state index in [-0.39, 0.29) is 0 Å². The molecule has 0 spiro atoms. The first kappa shape index (κ1) is 4.90. The van der Waals surface area contributed by atoms with Gasteiger partial charge < -0.3 is 0 Å². The van der Waals surface area contributed by atoms with Gasteiger partial charge >= 0.3 is 0 Å². The first-order valence-electron chi connectivity index (χ1n) is 1.55. The van der Waals surface area contributed by atoms with E-state index in [1.54, 1.807) is 0 Å². The average molecular weight is 134 g/mol. The van der Waals surface area contributed by atoms with Crippen LogP contribution < -0.4 is 11.3 Å². The first-order chi connectivity index (χ1) is 3.43.